The largest absolute Gasteiger partial charge is 0.497 e. The molecule has 24 heavy (non-hydrogen) atoms. The number of carbonyl (C=O) groups is 1. The van der Waals surface area contributed by atoms with Crippen molar-refractivity contribution in [1.82, 2.24) is 15.1 Å². The van der Waals surface area contributed by atoms with Crippen molar-refractivity contribution in [2.75, 3.05) is 40.8 Å². The van der Waals surface area contributed by atoms with Gasteiger partial charge >= 0.3 is 0 Å². The lowest BCUT2D eigenvalue weighted by molar-refractivity contribution is -0.130. The minimum Gasteiger partial charge on any atom is -0.497 e. The van der Waals surface area contributed by atoms with Crippen LogP contribution >= 0.6 is 0 Å². The SMILES string of the molecule is COc1ccc(C(C)NC2CCN(CC(=O)N(C)C)CC2)c(F)c1. The first kappa shape index (κ1) is 18.7. The van der Waals surface area contributed by atoms with Crippen LogP contribution in [-0.2, 0) is 4.79 Å². The van der Waals surface area contributed by atoms with Crippen LogP contribution < -0.4 is 10.1 Å². The molecule has 6 heteroatoms. The minimum absolute atomic E-state index is 0.0594. The molecule has 0 saturated carbocycles. The summed E-state index contributed by atoms with van der Waals surface area (Å²) in [6.07, 6.45) is 1.92. The van der Waals surface area contributed by atoms with Crippen molar-refractivity contribution in [2.24, 2.45) is 0 Å². The molecule has 1 fully saturated rings. The van der Waals surface area contributed by atoms with Crippen LogP contribution in [0.2, 0.25) is 0 Å². The molecule has 1 N–H and O–H groups in total. The summed E-state index contributed by atoms with van der Waals surface area (Å²) in [5.74, 6) is 0.417. The maximum absolute atomic E-state index is 14.2. The fourth-order valence-electron chi connectivity index (χ4n) is 3.02. The van der Waals surface area contributed by atoms with Crippen molar-refractivity contribution in [2.45, 2.75) is 31.8 Å². The molecular weight excluding hydrogens is 309 g/mol. The number of hydrogen-bond donors (Lipinski definition) is 1. The Balaban J connectivity index is 1.84. The van der Waals surface area contributed by atoms with E-state index in [0.29, 0.717) is 23.9 Å². The number of piperidine rings is 1. The summed E-state index contributed by atoms with van der Waals surface area (Å²) in [6, 6.07) is 5.26. The van der Waals surface area contributed by atoms with Gasteiger partial charge in [-0.15, -0.1) is 0 Å². The zero-order valence-corrected chi connectivity index (χ0v) is 15.0. The average Bonchev–Trinajstić information content (AvgIpc) is 2.56. The van der Waals surface area contributed by atoms with Crippen LogP contribution in [0.5, 0.6) is 5.75 Å². The second-order valence-electron chi connectivity index (χ2n) is 6.61. The molecule has 1 heterocycles. The number of nitrogens with zero attached hydrogens (tertiary/aromatic N) is 2. The van der Waals surface area contributed by atoms with Crippen LogP contribution in [0.25, 0.3) is 0 Å². The van der Waals surface area contributed by atoms with E-state index < -0.39 is 0 Å². The number of likely N-dealkylation sites (N-methyl/N-ethyl adjacent to an activating group) is 1. The van der Waals surface area contributed by atoms with Gasteiger partial charge in [-0.2, -0.15) is 0 Å². The van der Waals surface area contributed by atoms with Crippen LogP contribution in [0.3, 0.4) is 0 Å². The van der Waals surface area contributed by atoms with Gasteiger partial charge in [0, 0.05) is 50.9 Å². The Morgan fingerprint density at radius 2 is 2.08 bits per heavy atom. The fraction of sp³-hybridized carbons (Fsp3) is 0.611. The number of halogens is 1. The lowest BCUT2D eigenvalue weighted by Gasteiger charge is -2.34. The number of nitrogens with one attached hydrogen (secondary N) is 1. The summed E-state index contributed by atoms with van der Waals surface area (Å²) in [5, 5.41) is 3.51. The Bertz CT molecular complexity index is 557. The van der Waals surface area contributed by atoms with Gasteiger partial charge in [0.2, 0.25) is 5.91 Å². The highest BCUT2D eigenvalue weighted by atomic mass is 19.1. The van der Waals surface area contributed by atoms with Gasteiger partial charge in [-0.1, -0.05) is 6.07 Å². The molecule has 2 rings (SSSR count). The van der Waals surface area contributed by atoms with Crippen molar-refractivity contribution >= 4 is 5.91 Å². The third kappa shape index (κ3) is 4.92. The van der Waals surface area contributed by atoms with Crippen LogP contribution in [0.1, 0.15) is 31.4 Å². The summed E-state index contributed by atoms with van der Waals surface area (Å²) in [4.78, 5) is 15.6. The lowest BCUT2D eigenvalue weighted by Crippen LogP contribution is -2.46. The Labute approximate surface area is 143 Å². The van der Waals surface area contributed by atoms with Gasteiger partial charge in [0.15, 0.2) is 0 Å². The van der Waals surface area contributed by atoms with Gasteiger partial charge in [0.25, 0.3) is 0 Å². The van der Waals surface area contributed by atoms with Crippen LogP contribution in [0.4, 0.5) is 4.39 Å². The molecule has 1 amide bonds. The molecule has 0 radical (unpaired) electrons. The molecule has 134 valence electrons. The molecule has 1 aliphatic rings. The van der Waals surface area contributed by atoms with Crippen LogP contribution in [0.15, 0.2) is 18.2 Å². The standard InChI is InChI=1S/C18H28FN3O2/c1-13(16-6-5-15(24-4)11-17(16)19)20-14-7-9-22(10-8-14)12-18(23)21(2)3/h5-6,11,13-14,20H,7-10,12H2,1-4H3. The molecule has 1 aromatic rings. The number of carbonyl (C=O) groups excluding carboxylic acids is 1. The minimum atomic E-state index is -0.247. The lowest BCUT2D eigenvalue weighted by atomic mass is 10.0. The van der Waals surface area contributed by atoms with E-state index in [4.69, 9.17) is 4.74 Å². The van der Waals surface area contributed by atoms with Gasteiger partial charge in [-0.05, 0) is 25.8 Å². The molecule has 5 nitrogen and oxygen atoms in total. The molecule has 0 aliphatic carbocycles. The predicted molar refractivity (Wildman–Crippen MR) is 92.7 cm³/mol. The van der Waals surface area contributed by atoms with E-state index >= 15 is 0 Å². The van der Waals surface area contributed by atoms with Gasteiger partial charge in [-0.3, -0.25) is 9.69 Å². The Morgan fingerprint density at radius 1 is 1.42 bits per heavy atom. The molecule has 1 aliphatic heterocycles. The molecule has 1 aromatic carbocycles. The first-order valence-corrected chi connectivity index (χ1v) is 8.42. The highest BCUT2D eigenvalue weighted by Gasteiger charge is 2.23. The van der Waals surface area contributed by atoms with Gasteiger partial charge < -0.3 is 15.0 Å². The zero-order valence-electron chi connectivity index (χ0n) is 15.0. The number of rotatable bonds is 6. The van der Waals surface area contributed by atoms with E-state index in [9.17, 15) is 9.18 Å². The highest BCUT2D eigenvalue weighted by Crippen LogP contribution is 2.23. The quantitative estimate of drug-likeness (QED) is 0.863. The van der Waals surface area contributed by atoms with E-state index in [2.05, 4.69) is 10.2 Å². The Kier molecular flexibility index (Phi) is 6.57. The Hall–Kier alpha value is -1.66. The second kappa shape index (κ2) is 8.44. The Morgan fingerprint density at radius 3 is 2.62 bits per heavy atom. The van der Waals surface area contributed by atoms with E-state index in [1.807, 2.05) is 6.92 Å². The number of methoxy groups -OCH3 is 1. The zero-order chi connectivity index (χ0) is 17.7. The van der Waals surface area contributed by atoms with Crippen molar-refractivity contribution in [3.05, 3.63) is 29.6 Å². The molecule has 0 spiro atoms. The first-order chi connectivity index (χ1) is 11.4. The van der Waals surface area contributed by atoms with Gasteiger partial charge in [0.05, 0.1) is 13.7 Å². The fourth-order valence-corrected chi connectivity index (χ4v) is 3.02. The third-order valence-corrected chi connectivity index (χ3v) is 4.61. The summed E-state index contributed by atoms with van der Waals surface area (Å²) in [6.45, 7) is 4.22. The second-order valence-corrected chi connectivity index (χ2v) is 6.61. The molecule has 0 aromatic heterocycles. The molecule has 0 bridgehead atoms. The summed E-state index contributed by atoms with van der Waals surface area (Å²) >= 11 is 0. The van der Waals surface area contributed by atoms with Gasteiger partial charge in [-0.25, -0.2) is 4.39 Å². The topological polar surface area (TPSA) is 44.8 Å². The van der Waals surface area contributed by atoms with Crippen LogP contribution in [0, 0.1) is 5.82 Å². The van der Waals surface area contributed by atoms with Gasteiger partial charge in [0.1, 0.15) is 11.6 Å². The average molecular weight is 337 g/mol. The van der Waals surface area contributed by atoms with Crippen molar-refractivity contribution in [3.63, 3.8) is 0 Å². The van der Waals surface area contributed by atoms with E-state index in [1.54, 1.807) is 31.1 Å². The van der Waals surface area contributed by atoms with E-state index in [1.165, 1.54) is 13.2 Å². The molecule has 1 atom stereocenters. The predicted octanol–water partition coefficient (Wildman–Crippen LogP) is 2.04. The van der Waals surface area contributed by atoms with Crippen molar-refractivity contribution in [3.8, 4) is 5.75 Å². The van der Waals surface area contributed by atoms with E-state index in [0.717, 1.165) is 25.9 Å². The highest BCUT2D eigenvalue weighted by molar-refractivity contribution is 5.77. The molecule has 1 saturated heterocycles. The molecular formula is C18H28FN3O2. The smallest absolute Gasteiger partial charge is 0.236 e. The number of hydrogen-bond acceptors (Lipinski definition) is 4. The van der Waals surface area contributed by atoms with Crippen molar-refractivity contribution < 1.29 is 13.9 Å². The summed E-state index contributed by atoms with van der Waals surface area (Å²) in [5.41, 5.74) is 0.654. The summed E-state index contributed by atoms with van der Waals surface area (Å²) < 4.78 is 19.2. The normalized spacial score (nSPS) is 17.5. The van der Waals surface area contributed by atoms with Crippen molar-refractivity contribution in [1.29, 1.82) is 0 Å². The first-order valence-electron chi connectivity index (χ1n) is 8.42. The number of likely N-dealkylation sites (tertiary alicyclic amines) is 1. The van der Waals surface area contributed by atoms with E-state index in [-0.39, 0.29) is 17.8 Å². The number of benzene rings is 1. The summed E-state index contributed by atoms with van der Waals surface area (Å²) in [7, 11) is 5.09. The molecule has 1 unspecified atom stereocenters. The maximum atomic E-state index is 14.2. The maximum Gasteiger partial charge on any atom is 0.236 e. The van der Waals surface area contributed by atoms with Crippen LogP contribution in [-0.4, -0.2) is 62.6 Å². The number of ether oxygens (including phenoxy) is 1. The monoisotopic (exact) mass is 337 g/mol. The third-order valence-electron chi connectivity index (χ3n) is 4.61. The number of amides is 1.